The Morgan fingerprint density at radius 1 is 1.11 bits per heavy atom. The lowest BCUT2D eigenvalue weighted by Crippen LogP contribution is -2.48. The number of likely N-dealkylation sites (tertiary alicyclic amines) is 1. The van der Waals surface area contributed by atoms with Crippen LogP contribution in [0.2, 0.25) is 0 Å². The highest BCUT2D eigenvalue weighted by atomic mass is 16.4. The first-order valence-corrected chi connectivity index (χ1v) is 8.05. The zero-order valence-electron chi connectivity index (χ0n) is 12.8. The third-order valence-corrected chi connectivity index (χ3v) is 4.47. The van der Waals surface area contributed by atoms with Crippen LogP contribution in [0.1, 0.15) is 78.1 Å². The molecule has 112 valence electrons. The first-order valence-electron chi connectivity index (χ1n) is 8.05. The van der Waals surface area contributed by atoms with E-state index >= 15 is 0 Å². The Bertz CT molecular complexity index is 259. The molecule has 19 heavy (non-hydrogen) atoms. The smallest absolute Gasteiger partial charge is 0.305 e. The fraction of sp³-hybridized carbons (Fsp3) is 0.938. The number of aliphatic carboxylic acids is 1. The fourth-order valence-electron chi connectivity index (χ4n) is 3.23. The first-order chi connectivity index (χ1) is 9.08. The second kappa shape index (κ2) is 8.57. The van der Waals surface area contributed by atoms with E-state index in [1.54, 1.807) is 0 Å². The molecule has 1 unspecified atom stereocenters. The summed E-state index contributed by atoms with van der Waals surface area (Å²) >= 11 is 0. The molecule has 0 aromatic heterocycles. The zero-order valence-corrected chi connectivity index (χ0v) is 12.8. The number of carboxylic acid groups (broad SMARTS) is 1. The second-order valence-corrected chi connectivity index (χ2v) is 6.28. The Balaban J connectivity index is 2.58. The molecule has 0 amide bonds. The van der Waals surface area contributed by atoms with Crippen molar-refractivity contribution in [2.24, 2.45) is 0 Å². The Kier molecular flexibility index (Phi) is 7.44. The lowest BCUT2D eigenvalue weighted by Gasteiger charge is -2.40. The van der Waals surface area contributed by atoms with Crippen LogP contribution < -0.4 is 0 Å². The second-order valence-electron chi connectivity index (χ2n) is 6.28. The van der Waals surface area contributed by atoms with Crippen molar-refractivity contribution in [2.45, 2.75) is 83.6 Å². The molecule has 1 N–H and O–H groups in total. The minimum Gasteiger partial charge on any atom is -0.481 e. The van der Waals surface area contributed by atoms with E-state index in [1.807, 2.05) is 0 Å². The van der Waals surface area contributed by atoms with Gasteiger partial charge < -0.3 is 5.11 Å². The molecule has 0 aliphatic carbocycles. The molecule has 1 heterocycles. The number of unbranched alkanes of at least 4 members (excludes halogenated alkanes) is 3. The van der Waals surface area contributed by atoms with E-state index in [0.717, 1.165) is 25.9 Å². The maximum absolute atomic E-state index is 11.2. The Labute approximate surface area is 118 Å². The molecule has 1 atom stereocenters. The number of hydrogen-bond donors (Lipinski definition) is 1. The molecule has 0 spiro atoms. The summed E-state index contributed by atoms with van der Waals surface area (Å²) in [5.74, 6) is -0.651. The van der Waals surface area contributed by atoms with Crippen LogP contribution in [0.5, 0.6) is 0 Å². The average Bonchev–Trinajstić information content (AvgIpc) is 2.63. The Morgan fingerprint density at radius 3 is 2.26 bits per heavy atom. The van der Waals surface area contributed by atoms with Gasteiger partial charge in [-0.3, -0.25) is 9.69 Å². The quantitative estimate of drug-likeness (QED) is 0.675. The van der Waals surface area contributed by atoms with Gasteiger partial charge in [0.2, 0.25) is 0 Å². The van der Waals surface area contributed by atoms with Crippen molar-refractivity contribution in [1.29, 1.82) is 0 Å². The van der Waals surface area contributed by atoms with Crippen molar-refractivity contribution >= 4 is 5.97 Å². The van der Waals surface area contributed by atoms with E-state index in [1.165, 1.54) is 44.9 Å². The Morgan fingerprint density at radius 2 is 1.74 bits per heavy atom. The number of hydrogen-bond acceptors (Lipinski definition) is 2. The number of nitrogens with zero attached hydrogens (tertiary/aromatic N) is 1. The van der Waals surface area contributed by atoms with Gasteiger partial charge >= 0.3 is 5.97 Å². The van der Waals surface area contributed by atoms with Crippen molar-refractivity contribution in [3.8, 4) is 0 Å². The van der Waals surface area contributed by atoms with Gasteiger partial charge in [-0.25, -0.2) is 0 Å². The standard InChI is InChI=1S/C16H31NO2/c1-3-4-5-8-11-16(2,14-15(18)19)17-12-9-6-7-10-13-17/h3-14H2,1-2H3,(H,18,19). The number of rotatable bonds is 8. The first kappa shape index (κ1) is 16.5. The molecule has 1 saturated heterocycles. The lowest BCUT2D eigenvalue weighted by molar-refractivity contribution is -0.140. The maximum Gasteiger partial charge on any atom is 0.305 e. The van der Waals surface area contributed by atoms with E-state index in [-0.39, 0.29) is 5.54 Å². The lowest BCUT2D eigenvalue weighted by atomic mass is 9.88. The molecule has 0 saturated carbocycles. The van der Waals surface area contributed by atoms with E-state index in [9.17, 15) is 9.90 Å². The van der Waals surface area contributed by atoms with Crippen LogP contribution in [0, 0.1) is 0 Å². The summed E-state index contributed by atoms with van der Waals surface area (Å²) in [6.45, 7) is 6.54. The van der Waals surface area contributed by atoms with Crippen molar-refractivity contribution in [3.05, 3.63) is 0 Å². The molecule has 1 fully saturated rings. The van der Waals surface area contributed by atoms with Crippen LogP contribution in [0.25, 0.3) is 0 Å². The van der Waals surface area contributed by atoms with Gasteiger partial charge in [-0.15, -0.1) is 0 Å². The van der Waals surface area contributed by atoms with Crippen LogP contribution in [-0.4, -0.2) is 34.6 Å². The van der Waals surface area contributed by atoms with Crippen LogP contribution in [0.3, 0.4) is 0 Å². The normalized spacial score (nSPS) is 20.7. The van der Waals surface area contributed by atoms with Gasteiger partial charge in [0.05, 0.1) is 6.42 Å². The summed E-state index contributed by atoms with van der Waals surface area (Å²) in [4.78, 5) is 13.7. The molecule has 3 heteroatoms. The molecule has 3 nitrogen and oxygen atoms in total. The highest BCUT2D eigenvalue weighted by Crippen LogP contribution is 2.29. The van der Waals surface area contributed by atoms with Gasteiger partial charge in [-0.05, 0) is 39.3 Å². The van der Waals surface area contributed by atoms with Crippen LogP contribution in [-0.2, 0) is 4.79 Å². The monoisotopic (exact) mass is 269 g/mol. The Hall–Kier alpha value is -0.570. The minimum absolute atomic E-state index is 0.135. The summed E-state index contributed by atoms with van der Waals surface area (Å²) in [7, 11) is 0. The van der Waals surface area contributed by atoms with Gasteiger partial charge in [-0.2, -0.15) is 0 Å². The van der Waals surface area contributed by atoms with E-state index in [0.29, 0.717) is 6.42 Å². The molecule has 1 aliphatic heterocycles. The number of carboxylic acids is 1. The molecule has 1 rings (SSSR count). The molecular formula is C16H31NO2. The molecule has 0 radical (unpaired) electrons. The summed E-state index contributed by atoms with van der Waals surface area (Å²) in [6.07, 6.45) is 11.3. The highest BCUT2D eigenvalue weighted by molar-refractivity contribution is 5.68. The number of carbonyl (C=O) groups is 1. The summed E-state index contributed by atoms with van der Waals surface area (Å²) in [5, 5.41) is 9.23. The third-order valence-electron chi connectivity index (χ3n) is 4.47. The topological polar surface area (TPSA) is 40.5 Å². The molecule has 0 aromatic carbocycles. The molecule has 0 aromatic rings. The largest absolute Gasteiger partial charge is 0.481 e. The van der Waals surface area contributed by atoms with Crippen LogP contribution in [0.4, 0.5) is 0 Å². The van der Waals surface area contributed by atoms with E-state index < -0.39 is 5.97 Å². The van der Waals surface area contributed by atoms with Gasteiger partial charge in [0, 0.05) is 5.54 Å². The summed E-state index contributed by atoms with van der Waals surface area (Å²) in [6, 6.07) is 0. The molecule has 1 aliphatic rings. The van der Waals surface area contributed by atoms with Crippen molar-refractivity contribution in [2.75, 3.05) is 13.1 Å². The molecular weight excluding hydrogens is 238 g/mol. The van der Waals surface area contributed by atoms with Gasteiger partial charge in [0.25, 0.3) is 0 Å². The predicted octanol–water partition coefficient (Wildman–Crippen LogP) is 4.07. The van der Waals surface area contributed by atoms with Crippen molar-refractivity contribution < 1.29 is 9.90 Å². The van der Waals surface area contributed by atoms with Gasteiger partial charge in [0.1, 0.15) is 0 Å². The highest BCUT2D eigenvalue weighted by Gasteiger charge is 2.33. The third kappa shape index (κ3) is 5.94. The van der Waals surface area contributed by atoms with E-state index in [4.69, 9.17) is 0 Å². The zero-order chi connectivity index (χ0) is 14.1. The van der Waals surface area contributed by atoms with Gasteiger partial charge in [-0.1, -0.05) is 45.4 Å². The van der Waals surface area contributed by atoms with Gasteiger partial charge in [0.15, 0.2) is 0 Å². The van der Waals surface area contributed by atoms with Crippen molar-refractivity contribution in [1.82, 2.24) is 4.90 Å². The van der Waals surface area contributed by atoms with Crippen LogP contribution in [0.15, 0.2) is 0 Å². The summed E-state index contributed by atoms with van der Waals surface area (Å²) < 4.78 is 0. The average molecular weight is 269 g/mol. The summed E-state index contributed by atoms with van der Waals surface area (Å²) in [5.41, 5.74) is -0.135. The van der Waals surface area contributed by atoms with E-state index in [2.05, 4.69) is 18.7 Å². The molecule has 0 bridgehead atoms. The van der Waals surface area contributed by atoms with Crippen molar-refractivity contribution in [3.63, 3.8) is 0 Å². The SMILES string of the molecule is CCCCCCC(C)(CC(=O)O)N1CCCCCC1. The van der Waals surface area contributed by atoms with Crippen LogP contribution >= 0.6 is 0 Å². The minimum atomic E-state index is -0.651. The fourth-order valence-corrected chi connectivity index (χ4v) is 3.23. The predicted molar refractivity (Wildman–Crippen MR) is 79.5 cm³/mol. The maximum atomic E-state index is 11.2.